The van der Waals surface area contributed by atoms with Gasteiger partial charge in [-0.2, -0.15) is 0 Å². The molecule has 2 fully saturated rings. The van der Waals surface area contributed by atoms with Crippen LogP contribution in [0.4, 0.5) is 17.3 Å². The number of likely N-dealkylation sites (N-methyl/N-ethyl adjacent to an activating group) is 1. The maximum Gasteiger partial charge on any atom is 0.155 e. The van der Waals surface area contributed by atoms with Crippen molar-refractivity contribution in [2.45, 2.75) is 54.9 Å². The molecule has 10 heteroatoms. The van der Waals surface area contributed by atoms with Crippen molar-refractivity contribution in [1.82, 2.24) is 15.0 Å². The zero-order valence-corrected chi connectivity index (χ0v) is 20.8. The van der Waals surface area contributed by atoms with Gasteiger partial charge in [0.25, 0.3) is 0 Å². The smallest absolute Gasteiger partial charge is 0.155 e. The average molecular weight is 491 g/mol. The zero-order chi connectivity index (χ0) is 23.2. The molecule has 33 heavy (non-hydrogen) atoms. The number of aromatic nitrogens is 3. The van der Waals surface area contributed by atoms with Gasteiger partial charge in [0.15, 0.2) is 5.82 Å². The number of aliphatic hydroxyl groups is 1. The second-order valence-corrected chi connectivity index (χ2v) is 11.3. The van der Waals surface area contributed by atoms with Crippen molar-refractivity contribution in [2.24, 2.45) is 0 Å². The lowest BCUT2D eigenvalue weighted by atomic mass is 9.77. The Balaban J connectivity index is 1.47. The monoisotopic (exact) mass is 490 g/mol. The third-order valence-corrected chi connectivity index (χ3v) is 8.58. The number of anilines is 3. The van der Waals surface area contributed by atoms with Crippen molar-refractivity contribution in [1.29, 1.82) is 0 Å². The van der Waals surface area contributed by atoms with Crippen molar-refractivity contribution in [3.63, 3.8) is 0 Å². The van der Waals surface area contributed by atoms with E-state index in [1.807, 2.05) is 0 Å². The number of piperidine rings is 1. The number of fused-ring (bicyclic) bond motifs is 1. The fraction of sp³-hybridized carbons (Fsp3) is 0.609. The molecule has 5 rings (SSSR count). The predicted octanol–water partition coefficient (Wildman–Crippen LogP) is 2.97. The van der Waals surface area contributed by atoms with Gasteiger partial charge in [0, 0.05) is 56.8 Å². The first-order valence-corrected chi connectivity index (χ1v) is 13.6. The summed E-state index contributed by atoms with van der Waals surface area (Å²) in [5, 5.41) is 14.1. The van der Waals surface area contributed by atoms with E-state index in [0.29, 0.717) is 16.8 Å². The van der Waals surface area contributed by atoms with Gasteiger partial charge >= 0.3 is 0 Å². The van der Waals surface area contributed by atoms with Crippen LogP contribution in [0.25, 0.3) is 0 Å². The van der Waals surface area contributed by atoms with Crippen LogP contribution in [0.3, 0.4) is 0 Å². The van der Waals surface area contributed by atoms with E-state index in [0.717, 1.165) is 85.9 Å². The van der Waals surface area contributed by atoms with E-state index in [1.54, 1.807) is 18.6 Å². The molecule has 0 radical (unpaired) electrons. The molecule has 3 aliphatic rings. The molecule has 0 amide bonds. The zero-order valence-electron chi connectivity index (χ0n) is 19.2. The number of halogens is 1. The largest absolute Gasteiger partial charge is 0.394 e. The normalized spacial score (nSPS) is 21.0. The van der Waals surface area contributed by atoms with Gasteiger partial charge in [-0.15, -0.1) is 0 Å². The molecule has 2 aliphatic heterocycles. The number of hydrogen-bond donors (Lipinski definition) is 2. The summed E-state index contributed by atoms with van der Waals surface area (Å²) in [5.74, 6) is 2.78. The summed E-state index contributed by atoms with van der Waals surface area (Å²) in [6.45, 7) is 2.65. The molecule has 0 aromatic carbocycles. The Kier molecular flexibility index (Phi) is 6.22. The number of rotatable bonds is 6. The molecular formula is C23H31ClN6O2S. The van der Waals surface area contributed by atoms with Crippen LogP contribution >= 0.6 is 11.6 Å². The number of aliphatic hydroxyl groups excluding tert-OH is 1. The Bertz CT molecular complexity index is 1050. The van der Waals surface area contributed by atoms with Crippen LogP contribution < -0.4 is 15.1 Å². The quantitative estimate of drug-likeness (QED) is 0.638. The maximum absolute atomic E-state index is 12.8. The van der Waals surface area contributed by atoms with Crippen LogP contribution in [-0.2, 0) is 17.2 Å². The molecular weight excluding hydrogens is 460 g/mol. The van der Waals surface area contributed by atoms with Crippen LogP contribution in [0.15, 0.2) is 17.3 Å². The molecule has 2 aromatic heterocycles. The lowest BCUT2D eigenvalue weighted by molar-refractivity contribution is 0.143. The number of hydrogen-bond acceptors (Lipinski definition) is 8. The molecule has 8 nitrogen and oxygen atoms in total. The van der Waals surface area contributed by atoms with E-state index in [2.05, 4.69) is 32.1 Å². The van der Waals surface area contributed by atoms with Crippen LogP contribution in [0.5, 0.6) is 0 Å². The molecule has 2 N–H and O–H groups in total. The molecule has 4 heterocycles. The third kappa shape index (κ3) is 4.19. The molecule has 1 saturated carbocycles. The first-order chi connectivity index (χ1) is 15.9. The van der Waals surface area contributed by atoms with Crippen LogP contribution in [0.2, 0.25) is 5.02 Å². The van der Waals surface area contributed by atoms with Gasteiger partial charge in [-0.05, 0) is 38.5 Å². The topological polar surface area (TPSA) is 94.5 Å². The van der Waals surface area contributed by atoms with E-state index in [1.165, 1.54) is 0 Å². The lowest BCUT2D eigenvalue weighted by Crippen LogP contribution is -2.49. The van der Waals surface area contributed by atoms with Gasteiger partial charge in [0.05, 0.1) is 38.6 Å². The summed E-state index contributed by atoms with van der Waals surface area (Å²) in [4.78, 5) is 19.3. The van der Waals surface area contributed by atoms with Gasteiger partial charge in [0.1, 0.15) is 11.6 Å². The van der Waals surface area contributed by atoms with Crippen LogP contribution in [0.1, 0.15) is 49.4 Å². The van der Waals surface area contributed by atoms with Gasteiger partial charge in [-0.3, -0.25) is 4.21 Å². The summed E-state index contributed by atoms with van der Waals surface area (Å²) >= 11 is 5.95. The molecule has 0 spiro atoms. The van der Waals surface area contributed by atoms with Crippen molar-refractivity contribution < 1.29 is 9.32 Å². The average Bonchev–Trinajstić information content (AvgIpc) is 3.17. The standard InChI is InChI=1S/C23H31ClN6O2S/c1-29-9-6-17-18(29)22(27-21(19(17)33(2)32)28-23(14-31)7-3-8-23)30-10-4-15(5-11-30)20-25-12-16(24)13-26-20/h12-13,15,31H,3-11,14H2,1-2H3,(H,27,28)/t33-/m0/s1. The second-order valence-electron chi connectivity index (χ2n) is 9.50. The fourth-order valence-corrected chi connectivity index (χ4v) is 6.31. The molecule has 1 atom stereocenters. The first-order valence-electron chi connectivity index (χ1n) is 11.6. The number of pyridine rings is 1. The molecule has 1 aliphatic carbocycles. The van der Waals surface area contributed by atoms with Crippen molar-refractivity contribution in [2.75, 3.05) is 54.7 Å². The SMILES string of the molecule is CN1CCc2c1c(N1CCC(c3ncc(Cl)cn3)CC1)nc(NC1(CO)CCC1)c2[S@](C)=O. The Morgan fingerprint density at radius 3 is 2.52 bits per heavy atom. The van der Waals surface area contributed by atoms with E-state index in [-0.39, 0.29) is 12.1 Å². The highest BCUT2D eigenvalue weighted by molar-refractivity contribution is 7.84. The fourth-order valence-electron chi connectivity index (χ4n) is 5.29. The summed E-state index contributed by atoms with van der Waals surface area (Å²) in [5.41, 5.74) is 1.87. The van der Waals surface area contributed by atoms with E-state index in [9.17, 15) is 9.32 Å². The predicted molar refractivity (Wildman–Crippen MR) is 132 cm³/mol. The van der Waals surface area contributed by atoms with E-state index < -0.39 is 10.8 Å². The lowest BCUT2D eigenvalue weighted by Gasteiger charge is -2.42. The second kappa shape index (κ2) is 9.00. The minimum atomic E-state index is -1.18. The summed E-state index contributed by atoms with van der Waals surface area (Å²) < 4.78 is 12.8. The minimum Gasteiger partial charge on any atom is -0.394 e. The Morgan fingerprint density at radius 2 is 1.94 bits per heavy atom. The summed E-state index contributed by atoms with van der Waals surface area (Å²) in [6.07, 6.45) is 10.7. The first kappa shape index (κ1) is 22.8. The van der Waals surface area contributed by atoms with Crippen molar-refractivity contribution in [3.05, 3.63) is 28.8 Å². The van der Waals surface area contributed by atoms with E-state index >= 15 is 0 Å². The van der Waals surface area contributed by atoms with Crippen LogP contribution in [0, 0.1) is 0 Å². The van der Waals surface area contributed by atoms with Gasteiger partial charge < -0.3 is 20.2 Å². The third-order valence-electron chi connectivity index (χ3n) is 7.37. The van der Waals surface area contributed by atoms with Gasteiger partial charge in [-0.1, -0.05) is 11.6 Å². The summed E-state index contributed by atoms with van der Waals surface area (Å²) in [6, 6.07) is 0. The van der Waals surface area contributed by atoms with E-state index in [4.69, 9.17) is 16.6 Å². The molecule has 0 bridgehead atoms. The van der Waals surface area contributed by atoms with Gasteiger partial charge in [0.2, 0.25) is 0 Å². The number of nitrogens with zero attached hydrogens (tertiary/aromatic N) is 5. The Morgan fingerprint density at radius 1 is 1.24 bits per heavy atom. The molecule has 0 unspecified atom stereocenters. The van der Waals surface area contributed by atoms with Crippen LogP contribution in [-0.4, -0.2) is 69.4 Å². The van der Waals surface area contributed by atoms with Crippen molar-refractivity contribution >= 4 is 39.7 Å². The molecule has 2 aromatic rings. The molecule has 1 saturated heterocycles. The van der Waals surface area contributed by atoms with Gasteiger partial charge in [-0.25, -0.2) is 15.0 Å². The Labute approximate surface area is 202 Å². The minimum absolute atomic E-state index is 0.0588. The highest BCUT2D eigenvalue weighted by Crippen LogP contribution is 2.45. The summed E-state index contributed by atoms with van der Waals surface area (Å²) in [7, 11) is 0.909. The highest BCUT2D eigenvalue weighted by Gasteiger charge is 2.39. The molecule has 178 valence electrons. The van der Waals surface area contributed by atoms with Crippen molar-refractivity contribution in [3.8, 4) is 0 Å². The maximum atomic E-state index is 12.8. The number of nitrogens with one attached hydrogen (secondary N) is 1. The highest BCUT2D eigenvalue weighted by atomic mass is 35.5. The Hall–Kier alpha value is -1.97.